The van der Waals surface area contributed by atoms with Crippen LogP contribution in [0.1, 0.15) is 30.3 Å². The highest BCUT2D eigenvalue weighted by atomic mass is 16.4. The largest absolute Gasteiger partial charge is 0.480 e. The van der Waals surface area contributed by atoms with E-state index in [1.165, 1.54) is 6.92 Å². The third-order valence-corrected chi connectivity index (χ3v) is 1.79. The highest BCUT2D eigenvalue weighted by Crippen LogP contribution is 1.94. The molecule has 1 atom stereocenters. The highest BCUT2D eigenvalue weighted by molar-refractivity contribution is 5.93. The summed E-state index contributed by atoms with van der Waals surface area (Å²) in [5.74, 6) is -1.15. The van der Waals surface area contributed by atoms with Crippen LogP contribution in [0, 0.1) is 0 Å². The highest BCUT2D eigenvalue weighted by Gasteiger charge is 2.18. The Morgan fingerprint density at radius 2 is 2.27 bits per heavy atom. The zero-order chi connectivity index (χ0) is 11.4. The van der Waals surface area contributed by atoms with Gasteiger partial charge in [0.25, 0.3) is 5.91 Å². The number of carbonyl (C=O) groups excluding carboxylic acids is 1. The Bertz CT molecular complexity index is 374. The Kier molecular flexibility index (Phi) is 3.37. The summed E-state index contributed by atoms with van der Waals surface area (Å²) in [7, 11) is 0. The first kappa shape index (κ1) is 11.2. The number of carboxylic acid groups (broad SMARTS) is 1. The molecule has 0 bridgehead atoms. The van der Waals surface area contributed by atoms with Crippen LogP contribution in [-0.2, 0) is 11.2 Å². The first-order chi connectivity index (χ1) is 7.04. The van der Waals surface area contributed by atoms with E-state index in [1.54, 1.807) is 0 Å². The third-order valence-electron chi connectivity index (χ3n) is 1.79. The van der Waals surface area contributed by atoms with Crippen LogP contribution < -0.4 is 5.32 Å². The molecule has 1 rings (SSSR count). The van der Waals surface area contributed by atoms with Gasteiger partial charge in [0.05, 0.1) is 0 Å². The van der Waals surface area contributed by atoms with E-state index in [2.05, 4.69) is 20.5 Å². The van der Waals surface area contributed by atoms with Gasteiger partial charge in [-0.05, 0) is 6.92 Å². The van der Waals surface area contributed by atoms with E-state index in [-0.39, 0.29) is 5.82 Å². The number of amides is 1. The van der Waals surface area contributed by atoms with Gasteiger partial charge in [-0.1, -0.05) is 6.92 Å². The van der Waals surface area contributed by atoms with Crippen molar-refractivity contribution in [2.45, 2.75) is 26.3 Å². The van der Waals surface area contributed by atoms with Gasteiger partial charge in [-0.2, -0.15) is 0 Å². The van der Waals surface area contributed by atoms with Gasteiger partial charge >= 0.3 is 5.97 Å². The maximum atomic E-state index is 11.4. The minimum atomic E-state index is -1.10. The Morgan fingerprint density at radius 3 is 2.73 bits per heavy atom. The van der Waals surface area contributed by atoms with E-state index in [4.69, 9.17) is 5.11 Å². The second-order valence-corrected chi connectivity index (χ2v) is 2.99. The average molecular weight is 212 g/mol. The number of carbonyl (C=O) groups is 2. The fourth-order valence-electron chi connectivity index (χ4n) is 0.878. The normalized spacial score (nSPS) is 12.1. The molecule has 7 nitrogen and oxygen atoms in total. The van der Waals surface area contributed by atoms with Gasteiger partial charge in [-0.25, -0.2) is 4.98 Å². The van der Waals surface area contributed by atoms with Crippen LogP contribution in [0.3, 0.4) is 0 Å². The molecule has 0 aliphatic heterocycles. The molecule has 1 amide bonds. The molecular weight excluding hydrogens is 200 g/mol. The van der Waals surface area contributed by atoms with Gasteiger partial charge < -0.3 is 10.4 Å². The molecular formula is C8H12N4O3. The molecule has 1 heterocycles. The molecule has 0 aliphatic carbocycles. The molecule has 3 N–H and O–H groups in total. The number of nitrogens with one attached hydrogen (secondary N) is 2. The number of aromatic amines is 1. The quantitative estimate of drug-likeness (QED) is 0.627. The third kappa shape index (κ3) is 2.76. The molecule has 1 aromatic heterocycles. The van der Waals surface area contributed by atoms with Crippen LogP contribution in [0.15, 0.2) is 0 Å². The minimum absolute atomic E-state index is 0.0417. The second kappa shape index (κ2) is 4.54. The molecule has 15 heavy (non-hydrogen) atoms. The predicted octanol–water partition coefficient (Wildman–Crippen LogP) is -0.430. The summed E-state index contributed by atoms with van der Waals surface area (Å²) < 4.78 is 0. The van der Waals surface area contributed by atoms with E-state index in [9.17, 15) is 9.59 Å². The van der Waals surface area contributed by atoms with Gasteiger partial charge in [0.15, 0.2) is 0 Å². The topological polar surface area (TPSA) is 108 Å². The predicted molar refractivity (Wildman–Crippen MR) is 50.3 cm³/mol. The minimum Gasteiger partial charge on any atom is -0.480 e. The number of nitrogens with zero attached hydrogens (tertiary/aromatic N) is 2. The zero-order valence-electron chi connectivity index (χ0n) is 8.44. The zero-order valence-corrected chi connectivity index (χ0v) is 8.44. The van der Waals surface area contributed by atoms with Crippen molar-refractivity contribution in [3.63, 3.8) is 0 Å². The number of rotatable bonds is 4. The summed E-state index contributed by atoms with van der Waals surface area (Å²) in [5, 5.41) is 17.0. The van der Waals surface area contributed by atoms with Crippen molar-refractivity contribution in [1.29, 1.82) is 0 Å². The number of aromatic nitrogens is 3. The molecule has 0 aromatic carbocycles. The van der Waals surface area contributed by atoms with Crippen molar-refractivity contribution in [2.24, 2.45) is 0 Å². The van der Waals surface area contributed by atoms with Crippen LogP contribution in [0.5, 0.6) is 0 Å². The fourth-order valence-corrected chi connectivity index (χ4v) is 0.878. The van der Waals surface area contributed by atoms with Gasteiger partial charge in [0.1, 0.15) is 11.9 Å². The number of aryl methyl sites for hydroxylation is 1. The molecule has 0 saturated heterocycles. The van der Waals surface area contributed by atoms with Crippen LogP contribution in [-0.4, -0.2) is 38.2 Å². The smallest absolute Gasteiger partial charge is 0.325 e. The molecule has 0 spiro atoms. The summed E-state index contributed by atoms with van der Waals surface area (Å²) in [4.78, 5) is 25.7. The summed E-state index contributed by atoms with van der Waals surface area (Å²) >= 11 is 0. The van der Waals surface area contributed by atoms with E-state index in [0.717, 1.165) is 0 Å². The van der Waals surface area contributed by atoms with Crippen LogP contribution in [0.25, 0.3) is 0 Å². The first-order valence-corrected chi connectivity index (χ1v) is 4.49. The standard InChI is InChI=1S/C8H12N4O3/c1-3-5-10-6(12-11-5)7(13)9-4(2)8(14)15/h4H,3H2,1-2H3,(H,9,13)(H,14,15)(H,10,11,12)/t4-/m1/s1. The van der Waals surface area contributed by atoms with Gasteiger partial charge in [0.2, 0.25) is 5.82 Å². The Labute approximate surface area is 85.9 Å². The average Bonchev–Trinajstić information content (AvgIpc) is 2.65. The van der Waals surface area contributed by atoms with Gasteiger partial charge in [-0.15, -0.1) is 5.10 Å². The van der Waals surface area contributed by atoms with Crippen molar-refractivity contribution in [3.05, 3.63) is 11.6 Å². The molecule has 0 fully saturated rings. The van der Waals surface area contributed by atoms with Crippen molar-refractivity contribution < 1.29 is 14.7 Å². The SMILES string of the molecule is CCc1nc(C(=O)N[C@H](C)C(=O)O)n[nH]1. The lowest BCUT2D eigenvalue weighted by Crippen LogP contribution is -2.38. The molecule has 0 radical (unpaired) electrons. The lowest BCUT2D eigenvalue weighted by atomic mass is 10.3. The number of H-pyrrole nitrogens is 1. The summed E-state index contributed by atoms with van der Waals surface area (Å²) in [6.45, 7) is 3.23. The van der Waals surface area contributed by atoms with Crippen LogP contribution in [0.4, 0.5) is 0 Å². The number of carboxylic acids is 1. The summed E-state index contributed by atoms with van der Waals surface area (Å²) in [6, 6.07) is -0.957. The van der Waals surface area contributed by atoms with Crippen molar-refractivity contribution in [2.75, 3.05) is 0 Å². The summed E-state index contributed by atoms with van der Waals surface area (Å²) in [6.07, 6.45) is 0.634. The monoisotopic (exact) mass is 212 g/mol. The number of hydrogen-bond acceptors (Lipinski definition) is 4. The Balaban J connectivity index is 2.65. The van der Waals surface area contributed by atoms with Crippen molar-refractivity contribution in [1.82, 2.24) is 20.5 Å². The van der Waals surface area contributed by atoms with E-state index < -0.39 is 17.9 Å². The molecule has 0 unspecified atom stereocenters. The molecule has 0 saturated carbocycles. The van der Waals surface area contributed by atoms with Crippen LogP contribution >= 0.6 is 0 Å². The maximum absolute atomic E-state index is 11.4. The molecule has 0 aliphatic rings. The lowest BCUT2D eigenvalue weighted by molar-refractivity contribution is -0.138. The number of hydrogen-bond donors (Lipinski definition) is 3. The first-order valence-electron chi connectivity index (χ1n) is 4.49. The molecule has 82 valence electrons. The van der Waals surface area contributed by atoms with E-state index >= 15 is 0 Å². The molecule has 7 heteroatoms. The Hall–Kier alpha value is -1.92. The van der Waals surface area contributed by atoms with Gasteiger partial charge in [0, 0.05) is 6.42 Å². The summed E-state index contributed by atoms with van der Waals surface area (Å²) in [5.41, 5.74) is 0. The van der Waals surface area contributed by atoms with Crippen molar-refractivity contribution in [3.8, 4) is 0 Å². The maximum Gasteiger partial charge on any atom is 0.325 e. The van der Waals surface area contributed by atoms with E-state index in [0.29, 0.717) is 12.2 Å². The fraction of sp³-hybridized carbons (Fsp3) is 0.500. The lowest BCUT2D eigenvalue weighted by Gasteiger charge is -2.05. The second-order valence-electron chi connectivity index (χ2n) is 2.99. The van der Waals surface area contributed by atoms with Crippen LogP contribution in [0.2, 0.25) is 0 Å². The Morgan fingerprint density at radius 1 is 1.60 bits per heavy atom. The number of aliphatic carboxylic acids is 1. The molecule has 1 aromatic rings. The van der Waals surface area contributed by atoms with Gasteiger partial charge in [-0.3, -0.25) is 14.7 Å². The van der Waals surface area contributed by atoms with E-state index in [1.807, 2.05) is 6.92 Å². The van der Waals surface area contributed by atoms with Crippen molar-refractivity contribution >= 4 is 11.9 Å².